The van der Waals surface area contributed by atoms with E-state index in [-0.39, 0.29) is 0 Å². The topological polar surface area (TPSA) is 21.3 Å². The highest BCUT2D eigenvalue weighted by Gasteiger charge is 2.12. The molecule has 0 spiro atoms. The molecule has 1 aromatic heterocycles. The molecule has 1 atom stereocenters. The summed E-state index contributed by atoms with van der Waals surface area (Å²) in [6.45, 7) is 4.98. The Morgan fingerprint density at radius 1 is 1.26 bits per heavy atom. The molecule has 0 bridgehead atoms. The molecule has 0 fully saturated rings. The number of ether oxygens (including phenoxy) is 1. The Morgan fingerprint density at radius 2 is 2.11 bits per heavy atom. The van der Waals surface area contributed by atoms with E-state index in [1.165, 1.54) is 16.0 Å². The molecular formula is C16H21NOS. The lowest BCUT2D eigenvalue weighted by Crippen LogP contribution is -2.19. The number of nitrogens with one attached hydrogen (secondary N) is 1. The van der Waals surface area contributed by atoms with Crippen molar-refractivity contribution < 1.29 is 4.74 Å². The first-order valence-corrected chi connectivity index (χ1v) is 7.49. The molecule has 2 nitrogen and oxygen atoms in total. The first kappa shape index (κ1) is 14.1. The van der Waals surface area contributed by atoms with E-state index >= 15 is 0 Å². The maximum absolute atomic E-state index is 5.82. The lowest BCUT2D eigenvalue weighted by molar-refractivity contribution is 0.290. The number of rotatable bonds is 6. The summed E-state index contributed by atoms with van der Waals surface area (Å²) in [6.07, 6.45) is 0.974. The lowest BCUT2D eigenvalue weighted by Gasteiger charge is -2.16. The standard InChI is InChI=1S/C16H21NOS/c1-12-5-4-6-14(11-12)18-9-7-16(17-3)15-8-10-19-13(15)2/h4-6,8,10-11,16-17H,7,9H2,1-3H3. The minimum atomic E-state index is 0.371. The van der Waals surface area contributed by atoms with Crippen molar-refractivity contribution in [3.8, 4) is 5.75 Å². The average Bonchev–Trinajstić information content (AvgIpc) is 2.81. The average molecular weight is 275 g/mol. The molecular weight excluding hydrogens is 254 g/mol. The highest BCUT2D eigenvalue weighted by molar-refractivity contribution is 7.10. The van der Waals surface area contributed by atoms with Crippen LogP contribution in [0.25, 0.3) is 0 Å². The summed E-state index contributed by atoms with van der Waals surface area (Å²) < 4.78 is 5.82. The van der Waals surface area contributed by atoms with Gasteiger partial charge in [0.2, 0.25) is 0 Å². The van der Waals surface area contributed by atoms with E-state index in [4.69, 9.17) is 4.74 Å². The third kappa shape index (κ3) is 3.82. The zero-order valence-corrected chi connectivity index (χ0v) is 12.6. The Balaban J connectivity index is 1.89. The van der Waals surface area contributed by atoms with Gasteiger partial charge in [-0.05, 0) is 55.6 Å². The van der Waals surface area contributed by atoms with E-state index < -0.39 is 0 Å². The molecule has 1 heterocycles. The summed E-state index contributed by atoms with van der Waals surface area (Å²) in [5, 5.41) is 5.52. The van der Waals surface area contributed by atoms with Crippen LogP contribution in [0.15, 0.2) is 35.7 Å². The molecule has 0 radical (unpaired) electrons. The minimum Gasteiger partial charge on any atom is -0.494 e. The van der Waals surface area contributed by atoms with Crippen molar-refractivity contribution in [2.45, 2.75) is 26.3 Å². The molecule has 1 unspecified atom stereocenters. The van der Waals surface area contributed by atoms with Crippen LogP contribution in [0.2, 0.25) is 0 Å². The smallest absolute Gasteiger partial charge is 0.119 e. The Kier molecular flexibility index (Phi) is 5.00. The Labute approximate surface area is 119 Å². The molecule has 0 saturated carbocycles. The highest BCUT2D eigenvalue weighted by atomic mass is 32.1. The van der Waals surface area contributed by atoms with Crippen molar-refractivity contribution in [3.63, 3.8) is 0 Å². The zero-order valence-electron chi connectivity index (χ0n) is 11.8. The molecule has 0 saturated heterocycles. The van der Waals surface area contributed by atoms with Crippen LogP contribution in [0.5, 0.6) is 5.75 Å². The van der Waals surface area contributed by atoms with Crippen molar-refractivity contribution in [2.75, 3.05) is 13.7 Å². The van der Waals surface area contributed by atoms with Gasteiger partial charge in [0.25, 0.3) is 0 Å². The zero-order chi connectivity index (χ0) is 13.7. The van der Waals surface area contributed by atoms with E-state index in [0.717, 1.165) is 18.8 Å². The minimum absolute atomic E-state index is 0.371. The molecule has 0 aliphatic rings. The molecule has 1 aromatic carbocycles. The van der Waals surface area contributed by atoms with E-state index in [1.54, 1.807) is 11.3 Å². The number of hydrogen-bond donors (Lipinski definition) is 1. The summed E-state index contributed by atoms with van der Waals surface area (Å²) in [7, 11) is 2.01. The molecule has 102 valence electrons. The first-order valence-electron chi connectivity index (χ1n) is 6.61. The molecule has 2 rings (SSSR count). The fourth-order valence-electron chi connectivity index (χ4n) is 2.21. The van der Waals surface area contributed by atoms with Crippen LogP contribution in [0.3, 0.4) is 0 Å². The fraction of sp³-hybridized carbons (Fsp3) is 0.375. The van der Waals surface area contributed by atoms with Crippen LogP contribution in [0, 0.1) is 13.8 Å². The van der Waals surface area contributed by atoms with E-state index in [2.05, 4.69) is 42.7 Å². The van der Waals surface area contributed by atoms with E-state index in [1.807, 2.05) is 19.2 Å². The van der Waals surface area contributed by atoms with Crippen molar-refractivity contribution in [3.05, 3.63) is 51.7 Å². The van der Waals surface area contributed by atoms with Gasteiger partial charge in [-0.3, -0.25) is 0 Å². The lowest BCUT2D eigenvalue weighted by atomic mass is 10.1. The number of benzene rings is 1. The maximum atomic E-state index is 5.82. The van der Waals surface area contributed by atoms with Gasteiger partial charge in [0.05, 0.1) is 6.61 Å². The van der Waals surface area contributed by atoms with Crippen molar-refractivity contribution in [1.82, 2.24) is 5.32 Å². The largest absolute Gasteiger partial charge is 0.494 e. The predicted molar refractivity (Wildman–Crippen MR) is 82.1 cm³/mol. The predicted octanol–water partition coefficient (Wildman–Crippen LogP) is 4.09. The highest BCUT2D eigenvalue weighted by Crippen LogP contribution is 2.25. The Hall–Kier alpha value is -1.32. The van der Waals surface area contributed by atoms with Crippen LogP contribution < -0.4 is 10.1 Å². The van der Waals surface area contributed by atoms with Gasteiger partial charge in [0, 0.05) is 17.3 Å². The normalized spacial score (nSPS) is 12.4. The molecule has 19 heavy (non-hydrogen) atoms. The van der Waals surface area contributed by atoms with Gasteiger partial charge >= 0.3 is 0 Å². The second-order valence-corrected chi connectivity index (χ2v) is 5.85. The van der Waals surface area contributed by atoms with Crippen LogP contribution in [-0.4, -0.2) is 13.7 Å². The second-order valence-electron chi connectivity index (χ2n) is 4.73. The number of hydrogen-bond acceptors (Lipinski definition) is 3. The third-order valence-corrected chi connectivity index (χ3v) is 4.15. The Morgan fingerprint density at radius 3 is 2.74 bits per heavy atom. The summed E-state index contributed by atoms with van der Waals surface area (Å²) in [6, 6.07) is 10.8. The summed E-state index contributed by atoms with van der Waals surface area (Å²) >= 11 is 1.80. The van der Waals surface area contributed by atoms with Gasteiger partial charge in [-0.1, -0.05) is 12.1 Å². The monoisotopic (exact) mass is 275 g/mol. The molecule has 0 aliphatic carbocycles. The first-order chi connectivity index (χ1) is 9.20. The maximum Gasteiger partial charge on any atom is 0.119 e. The van der Waals surface area contributed by atoms with Crippen molar-refractivity contribution in [2.24, 2.45) is 0 Å². The molecule has 1 N–H and O–H groups in total. The summed E-state index contributed by atoms with van der Waals surface area (Å²) in [5.41, 5.74) is 2.62. The van der Waals surface area contributed by atoms with E-state index in [9.17, 15) is 0 Å². The SMILES string of the molecule is CNC(CCOc1cccc(C)c1)c1ccsc1C. The Bertz CT molecular complexity index is 521. The van der Waals surface area contributed by atoms with Crippen LogP contribution in [-0.2, 0) is 0 Å². The van der Waals surface area contributed by atoms with Crippen molar-refractivity contribution in [1.29, 1.82) is 0 Å². The molecule has 0 amide bonds. The number of aryl methyl sites for hydroxylation is 2. The van der Waals surface area contributed by atoms with Gasteiger partial charge in [0.15, 0.2) is 0 Å². The quantitative estimate of drug-likeness (QED) is 0.857. The van der Waals surface area contributed by atoms with E-state index in [0.29, 0.717) is 6.04 Å². The summed E-state index contributed by atoms with van der Waals surface area (Å²) in [4.78, 5) is 1.38. The van der Waals surface area contributed by atoms with Gasteiger partial charge < -0.3 is 10.1 Å². The van der Waals surface area contributed by atoms with Crippen LogP contribution >= 0.6 is 11.3 Å². The van der Waals surface area contributed by atoms with Crippen LogP contribution in [0.4, 0.5) is 0 Å². The van der Waals surface area contributed by atoms with Gasteiger partial charge in [-0.25, -0.2) is 0 Å². The van der Waals surface area contributed by atoms with Gasteiger partial charge in [-0.15, -0.1) is 11.3 Å². The fourth-order valence-corrected chi connectivity index (χ4v) is 2.98. The molecule has 0 aliphatic heterocycles. The molecule has 3 heteroatoms. The van der Waals surface area contributed by atoms with Crippen LogP contribution in [0.1, 0.15) is 28.5 Å². The molecule has 2 aromatic rings. The number of thiophene rings is 1. The summed E-state index contributed by atoms with van der Waals surface area (Å²) in [5.74, 6) is 0.955. The van der Waals surface area contributed by atoms with Gasteiger partial charge in [0.1, 0.15) is 5.75 Å². The van der Waals surface area contributed by atoms with Crippen molar-refractivity contribution >= 4 is 11.3 Å². The third-order valence-electron chi connectivity index (χ3n) is 3.29. The van der Waals surface area contributed by atoms with Gasteiger partial charge in [-0.2, -0.15) is 0 Å². The second kappa shape index (κ2) is 6.73.